The van der Waals surface area contributed by atoms with Gasteiger partial charge in [-0.1, -0.05) is 18.2 Å². The number of rotatable bonds is 2. The monoisotopic (exact) mass is 205 g/mol. The van der Waals surface area contributed by atoms with Crippen LogP contribution >= 0.6 is 0 Å². The van der Waals surface area contributed by atoms with Gasteiger partial charge in [0.1, 0.15) is 11.6 Å². The Hall–Kier alpha value is -1.84. The molecule has 0 aliphatic carbocycles. The molecule has 78 valence electrons. The van der Waals surface area contributed by atoms with Gasteiger partial charge in [0.15, 0.2) is 0 Å². The molecule has 4 heteroatoms. The molecule has 0 aliphatic heterocycles. The van der Waals surface area contributed by atoms with Crippen LogP contribution in [-0.4, -0.2) is 9.78 Å². The van der Waals surface area contributed by atoms with Crippen molar-refractivity contribution in [2.75, 3.05) is 5.73 Å². The predicted octanol–water partition coefficient (Wildman–Crippen LogP) is 1.73. The number of halogens is 1. The zero-order valence-electron chi connectivity index (χ0n) is 8.44. The molecule has 0 amide bonds. The summed E-state index contributed by atoms with van der Waals surface area (Å²) in [4.78, 5) is 0. The summed E-state index contributed by atoms with van der Waals surface area (Å²) in [6, 6.07) is 6.68. The van der Waals surface area contributed by atoms with Crippen LogP contribution in [0, 0.1) is 5.82 Å². The van der Waals surface area contributed by atoms with E-state index in [2.05, 4.69) is 5.10 Å². The lowest BCUT2D eigenvalue weighted by molar-refractivity contribution is 0.614. The van der Waals surface area contributed by atoms with Crippen LogP contribution in [0.15, 0.2) is 30.5 Å². The van der Waals surface area contributed by atoms with E-state index in [0.717, 1.165) is 5.56 Å². The molecule has 1 aromatic carbocycles. The minimum absolute atomic E-state index is 0.208. The number of nitrogens with zero attached hydrogens (tertiary/aromatic N) is 2. The van der Waals surface area contributed by atoms with Crippen molar-refractivity contribution in [3.63, 3.8) is 0 Å². The van der Waals surface area contributed by atoms with Gasteiger partial charge in [0, 0.05) is 19.0 Å². The molecule has 2 rings (SSSR count). The first-order chi connectivity index (χ1) is 7.18. The third kappa shape index (κ3) is 1.83. The summed E-state index contributed by atoms with van der Waals surface area (Å²) in [6.07, 6.45) is 2.15. The first-order valence-electron chi connectivity index (χ1n) is 4.68. The fraction of sp³-hybridized carbons (Fsp3) is 0.182. The average molecular weight is 205 g/mol. The van der Waals surface area contributed by atoms with Crippen molar-refractivity contribution < 1.29 is 4.39 Å². The summed E-state index contributed by atoms with van der Waals surface area (Å²) in [5, 5.41) is 4.01. The third-order valence-corrected chi connectivity index (χ3v) is 2.40. The van der Waals surface area contributed by atoms with E-state index in [-0.39, 0.29) is 5.82 Å². The number of hydrogen-bond acceptors (Lipinski definition) is 2. The molecule has 0 bridgehead atoms. The molecule has 3 nitrogen and oxygen atoms in total. The first-order valence-corrected chi connectivity index (χ1v) is 4.68. The zero-order valence-corrected chi connectivity index (χ0v) is 8.44. The lowest BCUT2D eigenvalue weighted by Gasteiger charge is -2.02. The van der Waals surface area contributed by atoms with Crippen molar-refractivity contribution in [3.05, 3.63) is 47.4 Å². The average Bonchev–Trinajstić information content (AvgIpc) is 2.53. The molecule has 0 saturated carbocycles. The number of nitrogens with two attached hydrogens (primary N) is 1. The van der Waals surface area contributed by atoms with Gasteiger partial charge in [0.25, 0.3) is 0 Å². The molecule has 1 heterocycles. The Bertz CT molecular complexity index is 476. The highest BCUT2D eigenvalue weighted by Gasteiger charge is 2.08. The maximum atomic E-state index is 13.3. The Labute approximate surface area is 87.3 Å². The summed E-state index contributed by atoms with van der Waals surface area (Å²) < 4.78 is 14.9. The smallest absolute Gasteiger partial charge is 0.126 e. The van der Waals surface area contributed by atoms with E-state index in [0.29, 0.717) is 17.8 Å². The highest BCUT2D eigenvalue weighted by atomic mass is 19.1. The van der Waals surface area contributed by atoms with Gasteiger partial charge in [-0.2, -0.15) is 5.10 Å². The molecular formula is C11H12FN3. The second kappa shape index (κ2) is 3.73. The highest BCUT2D eigenvalue weighted by Crippen LogP contribution is 2.17. The Morgan fingerprint density at radius 2 is 2.07 bits per heavy atom. The maximum absolute atomic E-state index is 13.3. The number of aromatic nitrogens is 2. The standard InChI is InChI=1S/C11H12FN3/c1-15-11(13)9(7-14-15)6-8-4-2-3-5-10(8)12/h2-5,7H,6,13H2,1H3. The Balaban J connectivity index is 2.30. The van der Waals surface area contributed by atoms with Gasteiger partial charge in [-0.05, 0) is 11.6 Å². The van der Waals surface area contributed by atoms with Crippen molar-refractivity contribution in [1.82, 2.24) is 9.78 Å². The van der Waals surface area contributed by atoms with Crippen LogP contribution in [0.4, 0.5) is 10.2 Å². The van der Waals surface area contributed by atoms with E-state index < -0.39 is 0 Å². The number of aryl methyl sites for hydroxylation is 1. The van der Waals surface area contributed by atoms with Crippen LogP contribution in [0.3, 0.4) is 0 Å². The Kier molecular flexibility index (Phi) is 2.41. The molecule has 0 fully saturated rings. The summed E-state index contributed by atoms with van der Waals surface area (Å²) >= 11 is 0. The lowest BCUT2D eigenvalue weighted by Crippen LogP contribution is -2.00. The van der Waals surface area contributed by atoms with Gasteiger partial charge in [-0.15, -0.1) is 0 Å². The van der Waals surface area contributed by atoms with Crippen LogP contribution in [-0.2, 0) is 13.5 Å². The molecule has 0 atom stereocenters. The summed E-state index contributed by atoms with van der Waals surface area (Å²) in [7, 11) is 1.76. The summed E-state index contributed by atoms with van der Waals surface area (Å²) in [5.41, 5.74) is 7.26. The van der Waals surface area contributed by atoms with E-state index in [4.69, 9.17) is 5.73 Å². The van der Waals surface area contributed by atoms with E-state index in [1.807, 2.05) is 6.07 Å². The number of hydrogen-bond donors (Lipinski definition) is 1. The molecule has 15 heavy (non-hydrogen) atoms. The molecule has 2 aromatic rings. The molecule has 0 saturated heterocycles. The van der Waals surface area contributed by atoms with Gasteiger partial charge in [-0.25, -0.2) is 4.39 Å². The van der Waals surface area contributed by atoms with Gasteiger partial charge in [0.2, 0.25) is 0 Å². The van der Waals surface area contributed by atoms with Gasteiger partial charge in [0.05, 0.1) is 6.20 Å². The zero-order chi connectivity index (χ0) is 10.8. The highest BCUT2D eigenvalue weighted by molar-refractivity contribution is 5.41. The van der Waals surface area contributed by atoms with Crippen LogP contribution in [0.1, 0.15) is 11.1 Å². The molecule has 0 unspecified atom stereocenters. The van der Waals surface area contributed by atoms with Crippen LogP contribution < -0.4 is 5.73 Å². The lowest BCUT2D eigenvalue weighted by atomic mass is 10.1. The van der Waals surface area contributed by atoms with Crippen LogP contribution in [0.25, 0.3) is 0 Å². The van der Waals surface area contributed by atoms with E-state index in [1.165, 1.54) is 6.07 Å². The normalized spacial score (nSPS) is 10.5. The topological polar surface area (TPSA) is 43.8 Å². The molecule has 0 spiro atoms. The molecule has 1 aromatic heterocycles. The second-order valence-electron chi connectivity index (χ2n) is 3.45. The maximum Gasteiger partial charge on any atom is 0.126 e. The van der Waals surface area contributed by atoms with E-state index in [9.17, 15) is 4.39 Å². The van der Waals surface area contributed by atoms with Crippen molar-refractivity contribution in [3.8, 4) is 0 Å². The molecular weight excluding hydrogens is 193 g/mol. The quantitative estimate of drug-likeness (QED) is 0.811. The number of nitrogen functional groups attached to an aromatic ring is 1. The van der Waals surface area contributed by atoms with Gasteiger partial charge < -0.3 is 5.73 Å². The molecule has 0 radical (unpaired) electrons. The van der Waals surface area contributed by atoms with Crippen molar-refractivity contribution in [2.45, 2.75) is 6.42 Å². The van der Waals surface area contributed by atoms with Crippen LogP contribution in [0.5, 0.6) is 0 Å². The predicted molar refractivity (Wildman–Crippen MR) is 56.8 cm³/mol. The van der Waals surface area contributed by atoms with E-state index >= 15 is 0 Å². The SMILES string of the molecule is Cn1ncc(Cc2ccccc2F)c1N. The second-order valence-corrected chi connectivity index (χ2v) is 3.45. The summed E-state index contributed by atoms with van der Waals surface area (Å²) in [5.74, 6) is 0.374. The molecule has 0 aliphatic rings. The largest absolute Gasteiger partial charge is 0.384 e. The van der Waals surface area contributed by atoms with Crippen molar-refractivity contribution in [2.24, 2.45) is 7.05 Å². The van der Waals surface area contributed by atoms with Crippen molar-refractivity contribution in [1.29, 1.82) is 0 Å². The number of benzene rings is 1. The summed E-state index contributed by atoms with van der Waals surface area (Å²) in [6.45, 7) is 0. The number of anilines is 1. The first kappa shape index (κ1) is 9.71. The van der Waals surface area contributed by atoms with Crippen molar-refractivity contribution >= 4 is 5.82 Å². The Morgan fingerprint density at radius 1 is 1.33 bits per heavy atom. The van der Waals surface area contributed by atoms with E-state index in [1.54, 1.807) is 30.1 Å². The molecule has 2 N–H and O–H groups in total. The van der Waals surface area contributed by atoms with Gasteiger partial charge in [-0.3, -0.25) is 4.68 Å². The third-order valence-electron chi connectivity index (χ3n) is 2.40. The minimum atomic E-state index is -0.208. The Morgan fingerprint density at radius 3 is 2.67 bits per heavy atom. The fourth-order valence-electron chi connectivity index (χ4n) is 1.48. The fourth-order valence-corrected chi connectivity index (χ4v) is 1.48. The minimum Gasteiger partial charge on any atom is -0.384 e. The van der Waals surface area contributed by atoms with Gasteiger partial charge >= 0.3 is 0 Å². The van der Waals surface area contributed by atoms with Crippen LogP contribution in [0.2, 0.25) is 0 Å².